The number of aromatic nitrogens is 1. The van der Waals surface area contributed by atoms with Crippen LogP contribution in [0.15, 0.2) is 65.9 Å². The van der Waals surface area contributed by atoms with Crippen molar-refractivity contribution < 1.29 is 9.90 Å². The van der Waals surface area contributed by atoms with E-state index in [0.717, 1.165) is 16.9 Å². The Morgan fingerprint density at radius 3 is 2.80 bits per heavy atom. The van der Waals surface area contributed by atoms with E-state index in [1.54, 1.807) is 18.3 Å². The third-order valence-electron chi connectivity index (χ3n) is 3.69. The van der Waals surface area contributed by atoms with Gasteiger partial charge in [-0.1, -0.05) is 23.7 Å². The zero-order valence-corrected chi connectivity index (χ0v) is 14.2. The van der Waals surface area contributed by atoms with Crippen molar-refractivity contribution in [2.75, 3.05) is 0 Å². The lowest BCUT2D eigenvalue weighted by molar-refractivity contribution is 0.0954. The maximum absolute atomic E-state index is 12.0. The first-order valence-electron chi connectivity index (χ1n) is 7.61. The molecule has 0 radical (unpaired) electrons. The fraction of sp³-hybridized carbons (Fsp3) is 0.0526. The molecule has 0 aliphatic carbocycles. The highest BCUT2D eigenvalue weighted by molar-refractivity contribution is 6.31. The maximum atomic E-state index is 12.0. The first-order valence-corrected chi connectivity index (χ1v) is 7.99. The first kappa shape index (κ1) is 16.8. The lowest BCUT2D eigenvalue weighted by atomic mass is 10.2. The van der Waals surface area contributed by atoms with Gasteiger partial charge >= 0.3 is 0 Å². The van der Waals surface area contributed by atoms with Gasteiger partial charge in [0, 0.05) is 22.5 Å². The van der Waals surface area contributed by atoms with Crippen LogP contribution in [0.4, 0.5) is 0 Å². The number of halogens is 1. The van der Waals surface area contributed by atoms with Gasteiger partial charge in [0.1, 0.15) is 5.75 Å². The van der Waals surface area contributed by atoms with Gasteiger partial charge in [0.25, 0.3) is 5.91 Å². The number of amides is 1. The van der Waals surface area contributed by atoms with E-state index in [1.807, 2.05) is 48.0 Å². The number of benzene rings is 2. The molecule has 0 unspecified atom stereocenters. The van der Waals surface area contributed by atoms with E-state index in [9.17, 15) is 9.90 Å². The molecule has 0 spiro atoms. The molecule has 1 amide bonds. The Morgan fingerprint density at radius 2 is 2.04 bits per heavy atom. The fourth-order valence-corrected chi connectivity index (χ4v) is 2.51. The number of phenolic OH excluding ortho intramolecular Hbond substituents is 1. The molecule has 0 fully saturated rings. The number of nitrogens with zero attached hydrogens (tertiary/aromatic N) is 2. The number of hydrogen-bond donors (Lipinski definition) is 2. The summed E-state index contributed by atoms with van der Waals surface area (Å²) in [6, 6.07) is 15.6. The monoisotopic (exact) mass is 353 g/mol. The molecule has 0 bridgehead atoms. The average molecular weight is 354 g/mol. The van der Waals surface area contributed by atoms with Gasteiger partial charge in [-0.3, -0.25) is 4.79 Å². The summed E-state index contributed by atoms with van der Waals surface area (Å²) in [5.74, 6) is -0.370. The quantitative estimate of drug-likeness (QED) is 0.551. The Balaban J connectivity index is 1.76. The van der Waals surface area contributed by atoms with Crippen LogP contribution in [0, 0.1) is 6.92 Å². The number of aryl methyl sites for hydroxylation is 1. The van der Waals surface area contributed by atoms with Gasteiger partial charge in [-0.2, -0.15) is 5.10 Å². The van der Waals surface area contributed by atoms with Crippen LogP contribution in [0.3, 0.4) is 0 Å². The largest absolute Gasteiger partial charge is 0.508 e. The van der Waals surface area contributed by atoms with Crippen LogP contribution in [-0.4, -0.2) is 21.8 Å². The molecule has 0 saturated heterocycles. The summed E-state index contributed by atoms with van der Waals surface area (Å²) in [5.41, 5.74) is 5.47. The van der Waals surface area contributed by atoms with Crippen LogP contribution >= 0.6 is 11.6 Å². The molecule has 3 aromatic rings. The number of carbonyl (C=O) groups excluding carboxylic acids is 1. The Labute approximate surface area is 150 Å². The predicted octanol–water partition coefficient (Wildman–Crippen LogP) is 3.91. The van der Waals surface area contributed by atoms with Gasteiger partial charge in [-0.15, -0.1) is 0 Å². The molecule has 0 aliphatic heterocycles. The van der Waals surface area contributed by atoms with Gasteiger partial charge in [0.2, 0.25) is 0 Å². The molecule has 0 saturated carbocycles. The van der Waals surface area contributed by atoms with Crippen molar-refractivity contribution in [2.45, 2.75) is 6.92 Å². The molecule has 3 rings (SSSR count). The molecule has 1 aromatic heterocycles. The van der Waals surface area contributed by atoms with Gasteiger partial charge in [0.15, 0.2) is 0 Å². The number of aromatic hydroxyl groups is 1. The third kappa shape index (κ3) is 3.89. The summed E-state index contributed by atoms with van der Waals surface area (Å²) < 4.78 is 1.91. The van der Waals surface area contributed by atoms with Crippen molar-refractivity contribution in [1.82, 2.24) is 9.99 Å². The molecule has 1 heterocycles. The highest BCUT2D eigenvalue weighted by Gasteiger charge is 2.06. The zero-order valence-electron chi connectivity index (χ0n) is 13.5. The number of hydrazone groups is 1. The lowest BCUT2D eigenvalue weighted by Crippen LogP contribution is -2.17. The van der Waals surface area contributed by atoms with Crippen LogP contribution in [0.1, 0.15) is 21.6 Å². The first-order chi connectivity index (χ1) is 12.0. The SMILES string of the molecule is Cc1ccc(-n2cccc2/C=N/NC(=O)c2cccc(O)c2)cc1Cl. The van der Waals surface area contributed by atoms with Crippen LogP contribution in [0.5, 0.6) is 5.75 Å². The van der Waals surface area contributed by atoms with Crippen molar-refractivity contribution in [1.29, 1.82) is 0 Å². The summed E-state index contributed by atoms with van der Waals surface area (Å²) in [6.45, 7) is 1.95. The molecule has 0 aliphatic rings. The van der Waals surface area contributed by atoms with Crippen molar-refractivity contribution in [3.8, 4) is 11.4 Å². The minimum absolute atomic E-state index is 0.0294. The fourth-order valence-electron chi connectivity index (χ4n) is 2.33. The molecular formula is C19H16ClN3O2. The van der Waals surface area contributed by atoms with Crippen molar-refractivity contribution >= 4 is 23.7 Å². The molecule has 25 heavy (non-hydrogen) atoms. The smallest absolute Gasteiger partial charge is 0.271 e. The zero-order chi connectivity index (χ0) is 17.8. The van der Waals surface area contributed by atoms with Gasteiger partial charge in [-0.05, 0) is 55.0 Å². The summed E-state index contributed by atoms with van der Waals surface area (Å²) in [6.07, 6.45) is 3.44. The number of rotatable bonds is 4. The molecule has 2 aromatic carbocycles. The summed E-state index contributed by atoms with van der Waals surface area (Å²) in [5, 5.41) is 14.1. The van der Waals surface area contributed by atoms with E-state index in [1.165, 1.54) is 12.1 Å². The number of carbonyl (C=O) groups is 1. The van der Waals surface area contributed by atoms with Crippen molar-refractivity contribution in [2.24, 2.45) is 5.10 Å². The molecule has 2 N–H and O–H groups in total. The van der Waals surface area contributed by atoms with E-state index < -0.39 is 5.91 Å². The Kier molecular flexibility index (Phi) is 4.86. The normalized spacial score (nSPS) is 11.0. The van der Waals surface area contributed by atoms with Crippen LogP contribution in [-0.2, 0) is 0 Å². The summed E-state index contributed by atoms with van der Waals surface area (Å²) >= 11 is 6.19. The van der Waals surface area contributed by atoms with Crippen molar-refractivity contribution in [3.63, 3.8) is 0 Å². The molecule has 6 heteroatoms. The van der Waals surface area contributed by atoms with E-state index in [-0.39, 0.29) is 5.75 Å². The van der Waals surface area contributed by atoms with Crippen LogP contribution in [0.2, 0.25) is 5.02 Å². The average Bonchev–Trinajstić information content (AvgIpc) is 3.06. The topological polar surface area (TPSA) is 66.6 Å². The number of phenols is 1. The highest BCUT2D eigenvalue weighted by Crippen LogP contribution is 2.20. The maximum Gasteiger partial charge on any atom is 0.271 e. The molecular weight excluding hydrogens is 338 g/mol. The summed E-state index contributed by atoms with van der Waals surface area (Å²) in [7, 11) is 0. The Hall–Kier alpha value is -3.05. The van der Waals surface area contributed by atoms with E-state index in [0.29, 0.717) is 10.6 Å². The second kappa shape index (κ2) is 7.23. The van der Waals surface area contributed by atoms with Gasteiger partial charge in [-0.25, -0.2) is 5.43 Å². The summed E-state index contributed by atoms with van der Waals surface area (Å²) in [4.78, 5) is 12.0. The second-order valence-electron chi connectivity index (χ2n) is 5.49. The van der Waals surface area contributed by atoms with Crippen LogP contribution in [0.25, 0.3) is 5.69 Å². The van der Waals surface area contributed by atoms with Gasteiger partial charge < -0.3 is 9.67 Å². The van der Waals surface area contributed by atoms with E-state index >= 15 is 0 Å². The Bertz CT molecular complexity index is 947. The number of hydrogen-bond acceptors (Lipinski definition) is 3. The molecule has 5 nitrogen and oxygen atoms in total. The third-order valence-corrected chi connectivity index (χ3v) is 4.09. The van der Waals surface area contributed by atoms with E-state index in [4.69, 9.17) is 11.6 Å². The van der Waals surface area contributed by atoms with Crippen molar-refractivity contribution in [3.05, 3.63) is 82.6 Å². The van der Waals surface area contributed by atoms with Gasteiger partial charge in [0.05, 0.1) is 11.9 Å². The highest BCUT2D eigenvalue weighted by atomic mass is 35.5. The minimum Gasteiger partial charge on any atom is -0.508 e. The Morgan fingerprint density at radius 1 is 1.20 bits per heavy atom. The second-order valence-corrected chi connectivity index (χ2v) is 5.89. The van der Waals surface area contributed by atoms with E-state index in [2.05, 4.69) is 10.5 Å². The lowest BCUT2D eigenvalue weighted by Gasteiger charge is -2.08. The molecule has 126 valence electrons. The predicted molar refractivity (Wildman–Crippen MR) is 98.7 cm³/mol. The molecule has 0 atom stereocenters. The number of nitrogens with one attached hydrogen (secondary N) is 1. The van der Waals surface area contributed by atoms with Crippen LogP contribution < -0.4 is 5.43 Å². The minimum atomic E-state index is -0.399. The standard InChI is InChI=1S/C19H16ClN3O2/c1-13-7-8-15(11-18(13)20)23-9-3-5-16(23)12-21-22-19(25)14-4-2-6-17(24)10-14/h2-12,24H,1H3,(H,22,25)/b21-12+.